The zero-order valence-electron chi connectivity index (χ0n) is 15.6. The van der Waals surface area contributed by atoms with Gasteiger partial charge in [-0.15, -0.1) is 0 Å². The number of nitrogens with zero attached hydrogens (tertiary/aromatic N) is 3. The summed E-state index contributed by atoms with van der Waals surface area (Å²) in [5, 5.41) is 4.17. The molecule has 0 N–H and O–H groups in total. The Morgan fingerprint density at radius 1 is 1.37 bits per heavy atom. The van der Waals surface area contributed by atoms with E-state index in [2.05, 4.69) is 32.4 Å². The van der Waals surface area contributed by atoms with Crippen molar-refractivity contribution in [3.63, 3.8) is 0 Å². The molecule has 2 aromatic heterocycles. The number of ether oxygens (including phenoxy) is 1. The summed E-state index contributed by atoms with van der Waals surface area (Å²) in [4.78, 5) is 19.6. The van der Waals surface area contributed by atoms with Crippen LogP contribution in [-0.4, -0.2) is 39.6 Å². The summed E-state index contributed by atoms with van der Waals surface area (Å²) in [6.07, 6.45) is 2.77. The average molecular weight is 384 g/mol. The fourth-order valence-corrected chi connectivity index (χ4v) is 4.40. The molecular formula is C21H25N3O2S. The number of carbonyl (C=O) groups is 1. The van der Waals surface area contributed by atoms with Crippen LogP contribution < -0.4 is 0 Å². The van der Waals surface area contributed by atoms with Gasteiger partial charge in [-0.25, -0.2) is 4.98 Å². The SMILES string of the molecule is Cc1nc2ccccc2n1CCC(=O)N(Cc1ccsc1)CC1CCCO1. The molecule has 1 atom stereocenters. The maximum absolute atomic E-state index is 13.0. The monoisotopic (exact) mass is 383 g/mol. The highest BCUT2D eigenvalue weighted by molar-refractivity contribution is 7.07. The van der Waals surface area contributed by atoms with Crippen LogP contribution in [0.2, 0.25) is 0 Å². The second kappa shape index (κ2) is 8.23. The van der Waals surface area contributed by atoms with Gasteiger partial charge < -0.3 is 14.2 Å². The Bertz CT molecular complexity index is 897. The summed E-state index contributed by atoms with van der Waals surface area (Å²) in [5.74, 6) is 1.13. The van der Waals surface area contributed by atoms with Gasteiger partial charge in [0.1, 0.15) is 5.82 Å². The Labute approximate surface area is 163 Å². The fraction of sp³-hybridized carbons (Fsp3) is 0.429. The van der Waals surface area contributed by atoms with E-state index in [9.17, 15) is 4.79 Å². The Morgan fingerprint density at radius 2 is 2.26 bits per heavy atom. The Balaban J connectivity index is 1.46. The number of para-hydroxylation sites is 2. The molecule has 4 rings (SSSR count). The summed E-state index contributed by atoms with van der Waals surface area (Å²) in [7, 11) is 0. The van der Waals surface area contributed by atoms with Gasteiger partial charge >= 0.3 is 0 Å². The molecule has 1 aliphatic heterocycles. The molecule has 0 saturated carbocycles. The molecule has 0 bridgehead atoms. The van der Waals surface area contributed by atoms with Gasteiger partial charge in [-0.1, -0.05) is 12.1 Å². The lowest BCUT2D eigenvalue weighted by Crippen LogP contribution is -2.37. The number of carbonyl (C=O) groups excluding carboxylic acids is 1. The van der Waals surface area contributed by atoms with Crippen LogP contribution in [0.3, 0.4) is 0 Å². The molecule has 1 amide bonds. The quantitative estimate of drug-likeness (QED) is 0.619. The third-order valence-corrected chi connectivity index (χ3v) is 5.88. The van der Waals surface area contributed by atoms with Gasteiger partial charge in [-0.3, -0.25) is 4.79 Å². The zero-order chi connectivity index (χ0) is 18.6. The smallest absolute Gasteiger partial charge is 0.224 e. The van der Waals surface area contributed by atoms with E-state index < -0.39 is 0 Å². The van der Waals surface area contributed by atoms with Crippen molar-refractivity contribution in [2.75, 3.05) is 13.2 Å². The van der Waals surface area contributed by atoms with Crippen LogP contribution in [0.4, 0.5) is 0 Å². The molecule has 1 aromatic carbocycles. The number of rotatable bonds is 7. The van der Waals surface area contributed by atoms with Gasteiger partial charge in [-0.05, 0) is 54.3 Å². The van der Waals surface area contributed by atoms with E-state index in [1.807, 2.05) is 30.0 Å². The highest BCUT2D eigenvalue weighted by Crippen LogP contribution is 2.19. The van der Waals surface area contributed by atoms with E-state index in [-0.39, 0.29) is 12.0 Å². The first kappa shape index (κ1) is 18.2. The minimum absolute atomic E-state index is 0.170. The predicted octanol–water partition coefficient (Wildman–Crippen LogP) is 4.00. The van der Waals surface area contributed by atoms with Crippen molar-refractivity contribution >= 4 is 28.3 Å². The fourth-order valence-electron chi connectivity index (χ4n) is 3.74. The lowest BCUT2D eigenvalue weighted by atomic mass is 10.2. The second-order valence-corrected chi connectivity index (χ2v) is 7.87. The molecule has 3 heterocycles. The average Bonchev–Trinajstić information content (AvgIpc) is 3.41. The van der Waals surface area contributed by atoms with Gasteiger partial charge in [0.2, 0.25) is 5.91 Å². The molecule has 6 heteroatoms. The number of hydrogen-bond donors (Lipinski definition) is 0. The Kier molecular flexibility index (Phi) is 5.55. The Morgan fingerprint density at radius 3 is 3.04 bits per heavy atom. The normalized spacial score (nSPS) is 16.9. The lowest BCUT2D eigenvalue weighted by molar-refractivity contribution is -0.133. The standard InChI is InChI=1S/C21H25N3O2S/c1-16-22-19-6-2-3-7-20(19)24(16)10-8-21(25)23(13-17-9-12-27-15-17)14-18-5-4-11-26-18/h2-3,6-7,9,12,15,18H,4-5,8,10-11,13-14H2,1H3. The van der Waals surface area contributed by atoms with Crippen LogP contribution in [0.5, 0.6) is 0 Å². The van der Waals surface area contributed by atoms with Crippen molar-refractivity contribution in [2.45, 2.75) is 45.4 Å². The van der Waals surface area contributed by atoms with E-state index >= 15 is 0 Å². The summed E-state index contributed by atoms with van der Waals surface area (Å²) in [5.41, 5.74) is 3.26. The van der Waals surface area contributed by atoms with Crippen LogP contribution in [0, 0.1) is 6.92 Å². The minimum Gasteiger partial charge on any atom is -0.376 e. The van der Waals surface area contributed by atoms with Crippen molar-refractivity contribution < 1.29 is 9.53 Å². The second-order valence-electron chi connectivity index (χ2n) is 7.09. The van der Waals surface area contributed by atoms with Crippen molar-refractivity contribution in [1.29, 1.82) is 0 Å². The number of amides is 1. The van der Waals surface area contributed by atoms with Crippen molar-refractivity contribution in [3.8, 4) is 0 Å². The van der Waals surface area contributed by atoms with E-state index in [0.717, 1.165) is 36.3 Å². The van der Waals surface area contributed by atoms with Crippen LogP contribution in [0.25, 0.3) is 11.0 Å². The maximum atomic E-state index is 13.0. The highest BCUT2D eigenvalue weighted by Gasteiger charge is 2.23. The molecule has 0 spiro atoms. The van der Waals surface area contributed by atoms with E-state index in [1.165, 1.54) is 5.56 Å². The number of aromatic nitrogens is 2. The number of thiophene rings is 1. The molecule has 0 aliphatic carbocycles. The lowest BCUT2D eigenvalue weighted by Gasteiger charge is -2.25. The molecule has 3 aromatic rings. The molecule has 142 valence electrons. The van der Waals surface area contributed by atoms with Gasteiger partial charge in [0.05, 0.1) is 17.1 Å². The third kappa shape index (κ3) is 4.22. The minimum atomic E-state index is 0.170. The van der Waals surface area contributed by atoms with Gasteiger partial charge in [0.25, 0.3) is 0 Å². The van der Waals surface area contributed by atoms with Crippen molar-refractivity contribution in [1.82, 2.24) is 14.5 Å². The molecule has 1 unspecified atom stereocenters. The largest absolute Gasteiger partial charge is 0.376 e. The Hall–Kier alpha value is -2.18. The van der Waals surface area contributed by atoms with Crippen LogP contribution in [-0.2, 0) is 22.6 Å². The molecule has 27 heavy (non-hydrogen) atoms. The first-order valence-corrected chi connectivity index (χ1v) is 10.5. The number of fused-ring (bicyclic) bond motifs is 1. The van der Waals surface area contributed by atoms with Gasteiger partial charge in [0, 0.05) is 32.7 Å². The van der Waals surface area contributed by atoms with Crippen LogP contribution in [0.1, 0.15) is 30.7 Å². The third-order valence-electron chi connectivity index (χ3n) is 5.15. The van der Waals surface area contributed by atoms with Crippen LogP contribution >= 0.6 is 11.3 Å². The number of hydrogen-bond acceptors (Lipinski definition) is 4. The zero-order valence-corrected chi connectivity index (χ0v) is 16.5. The number of imidazole rings is 1. The van der Waals surface area contributed by atoms with Crippen molar-refractivity contribution in [3.05, 3.63) is 52.5 Å². The summed E-state index contributed by atoms with van der Waals surface area (Å²) in [6, 6.07) is 10.2. The summed E-state index contributed by atoms with van der Waals surface area (Å²) >= 11 is 1.67. The molecule has 0 radical (unpaired) electrons. The molecule has 1 fully saturated rings. The van der Waals surface area contributed by atoms with Gasteiger partial charge in [-0.2, -0.15) is 11.3 Å². The predicted molar refractivity (Wildman–Crippen MR) is 108 cm³/mol. The molecular weight excluding hydrogens is 358 g/mol. The van der Waals surface area contributed by atoms with Crippen LogP contribution in [0.15, 0.2) is 41.1 Å². The van der Waals surface area contributed by atoms with E-state index in [0.29, 0.717) is 26.1 Å². The molecule has 5 nitrogen and oxygen atoms in total. The van der Waals surface area contributed by atoms with Gasteiger partial charge in [0.15, 0.2) is 0 Å². The number of aryl methyl sites for hydroxylation is 2. The van der Waals surface area contributed by atoms with E-state index in [1.54, 1.807) is 11.3 Å². The maximum Gasteiger partial charge on any atom is 0.224 e. The summed E-state index contributed by atoms with van der Waals surface area (Å²) in [6.45, 7) is 4.80. The summed E-state index contributed by atoms with van der Waals surface area (Å²) < 4.78 is 7.91. The molecule has 1 saturated heterocycles. The number of benzene rings is 1. The first-order valence-electron chi connectivity index (χ1n) is 9.53. The first-order chi connectivity index (χ1) is 13.2. The van der Waals surface area contributed by atoms with E-state index in [4.69, 9.17) is 4.74 Å². The van der Waals surface area contributed by atoms with Crippen molar-refractivity contribution in [2.24, 2.45) is 0 Å². The molecule has 1 aliphatic rings. The topological polar surface area (TPSA) is 47.4 Å². The highest BCUT2D eigenvalue weighted by atomic mass is 32.1.